The number of ether oxygens (including phenoxy) is 1. The van der Waals surface area contributed by atoms with Crippen LogP contribution >= 0.6 is 27.5 Å². The Morgan fingerprint density at radius 1 is 1.50 bits per heavy atom. The van der Waals surface area contributed by atoms with E-state index in [4.69, 9.17) is 4.74 Å². The molecule has 0 aliphatic heterocycles. The second kappa shape index (κ2) is 5.79. The third-order valence-corrected chi connectivity index (χ3v) is 3.56. The summed E-state index contributed by atoms with van der Waals surface area (Å²) in [4.78, 5) is 24.0. The summed E-state index contributed by atoms with van der Waals surface area (Å²) in [6.45, 7) is 6.90. The van der Waals surface area contributed by atoms with Crippen molar-refractivity contribution in [2.24, 2.45) is 0 Å². The number of hydrogen-bond acceptors (Lipinski definition) is 5. The van der Waals surface area contributed by atoms with Crippen LogP contribution in [0, 0.1) is 0 Å². The molecule has 0 bridgehead atoms. The fraction of sp³-hybridized carbons (Fsp3) is 0.545. The number of amides is 1. The van der Waals surface area contributed by atoms with Crippen molar-refractivity contribution in [1.29, 1.82) is 0 Å². The number of alkyl carbamates (subject to hydrolysis) is 1. The zero-order chi connectivity index (χ0) is 13.9. The maximum atomic E-state index is 12.0. The minimum absolute atomic E-state index is 0.199. The summed E-state index contributed by atoms with van der Waals surface area (Å²) in [5, 5.41) is 2.50. The Kier molecular flexibility index (Phi) is 4.86. The van der Waals surface area contributed by atoms with E-state index in [1.807, 2.05) is 0 Å². The van der Waals surface area contributed by atoms with E-state index in [1.165, 1.54) is 0 Å². The first-order valence-electron chi connectivity index (χ1n) is 5.34. The summed E-state index contributed by atoms with van der Waals surface area (Å²) in [6, 6.07) is -0.656. The van der Waals surface area contributed by atoms with Gasteiger partial charge in [0.25, 0.3) is 0 Å². The Bertz CT molecular complexity index is 453. The summed E-state index contributed by atoms with van der Waals surface area (Å²) >= 11 is 4.32. The van der Waals surface area contributed by atoms with E-state index in [9.17, 15) is 9.59 Å². The number of halogens is 1. The Balaban J connectivity index is 2.61. The highest BCUT2D eigenvalue weighted by Crippen LogP contribution is 2.21. The standard InChI is InChI=1S/C11H15BrN2O3S/c1-6(14-10(16)17-11(2,3)4)8(15)9-7(12)5-13-18-9/h5-6H,1-4H3,(H,14,16)/t6-/m0/s1. The molecule has 100 valence electrons. The van der Waals surface area contributed by atoms with E-state index < -0.39 is 17.7 Å². The lowest BCUT2D eigenvalue weighted by Gasteiger charge is -2.21. The third-order valence-electron chi connectivity index (χ3n) is 1.88. The smallest absolute Gasteiger partial charge is 0.408 e. The number of nitrogens with one attached hydrogen (secondary N) is 1. The number of carbonyl (C=O) groups is 2. The molecule has 0 saturated carbocycles. The van der Waals surface area contributed by atoms with Crippen molar-refractivity contribution >= 4 is 39.3 Å². The monoisotopic (exact) mass is 334 g/mol. The van der Waals surface area contributed by atoms with Gasteiger partial charge in [0.15, 0.2) is 5.78 Å². The summed E-state index contributed by atoms with van der Waals surface area (Å²) < 4.78 is 9.61. The Hall–Kier alpha value is -0.950. The van der Waals surface area contributed by atoms with Crippen LogP contribution in [-0.4, -0.2) is 27.9 Å². The van der Waals surface area contributed by atoms with Crippen molar-refractivity contribution in [2.45, 2.75) is 39.3 Å². The number of Topliss-reactive ketones (excluding diaryl/α,β-unsaturated/α-hetero) is 1. The SMILES string of the molecule is C[C@H](NC(=O)OC(C)(C)C)C(=O)c1sncc1Br. The van der Waals surface area contributed by atoms with Gasteiger partial charge in [0.2, 0.25) is 0 Å². The molecule has 0 aliphatic carbocycles. The van der Waals surface area contributed by atoms with Crippen LogP contribution in [0.3, 0.4) is 0 Å². The molecule has 0 unspecified atom stereocenters. The highest BCUT2D eigenvalue weighted by Gasteiger charge is 2.24. The summed E-state index contributed by atoms with van der Waals surface area (Å²) in [7, 11) is 0. The van der Waals surface area contributed by atoms with Gasteiger partial charge in [0.05, 0.1) is 16.7 Å². The van der Waals surface area contributed by atoms with E-state index in [1.54, 1.807) is 33.9 Å². The highest BCUT2D eigenvalue weighted by atomic mass is 79.9. The van der Waals surface area contributed by atoms with Crippen molar-refractivity contribution in [2.75, 3.05) is 0 Å². The summed E-state index contributed by atoms with van der Waals surface area (Å²) in [6.07, 6.45) is 0.946. The average Bonchev–Trinajstić information content (AvgIpc) is 2.60. The van der Waals surface area contributed by atoms with Gasteiger partial charge in [0.1, 0.15) is 10.5 Å². The average molecular weight is 335 g/mol. The minimum Gasteiger partial charge on any atom is -0.444 e. The first kappa shape index (κ1) is 15.1. The van der Waals surface area contributed by atoms with Gasteiger partial charge in [-0.1, -0.05) is 0 Å². The molecule has 5 nitrogen and oxygen atoms in total. The normalized spacial score (nSPS) is 12.9. The van der Waals surface area contributed by atoms with E-state index >= 15 is 0 Å². The number of carbonyl (C=O) groups excluding carboxylic acids is 2. The molecule has 18 heavy (non-hydrogen) atoms. The number of rotatable bonds is 3. The maximum absolute atomic E-state index is 12.0. The van der Waals surface area contributed by atoms with Crippen LogP contribution in [0.15, 0.2) is 10.7 Å². The molecule has 1 heterocycles. The van der Waals surface area contributed by atoms with Gasteiger partial charge in [-0.2, -0.15) is 4.37 Å². The largest absolute Gasteiger partial charge is 0.444 e. The molecule has 1 aromatic heterocycles. The van der Waals surface area contributed by atoms with Crippen molar-refractivity contribution in [3.8, 4) is 0 Å². The van der Waals surface area contributed by atoms with E-state index in [-0.39, 0.29) is 5.78 Å². The van der Waals surface area contributed by atoms with Crippen LogP contribution in [-0.2, 0) is 4.74 Å². The van der Waals surface area contributed by atoms with Gasteiger partial charge in [-0.15, -0.1) is 0 Å². The molecule has 1 amide bonds. The molecule has 0 aromatic carbocycles. The predicted octanol–water partition coefficient (Wildman–Crippen LogP) is 3.00. The van der Waals surface area contributed by atoms with Crippen LogP contribution in [0.1, 0.15) is 37.4 Å². The third kappa shape index (κ3) is 4.38. The van der Waals surface area contributed by atoms with Gasteiger partial charge >= 0.3 is 6.09 Å². The Morgan fingerprint density at radius 3 is 2.56 bits per heavy atom. The molecule has 0 fully saturated rings. The highest BCUT2D eigenvalue weighted by molar-refractivity contribution is 9.10. The fourth-order valence-corrected chi connectivity index (χ4v) is 2.46. The molecule has 0 radical (unpaired) electrons. The quantitative estimate of drug-likeness (QED) is 0.862. The molecule has 0 spiro atoms. The van der Waals surface area contributed by atoms with Crippen molar-refractivity contribution < 1.29 is 14.3 Å². The zero-order valence-electron chi connectivity index (χ0n) is 10.6. The molecule has 7 heteroatoms. The van der Waals surface area contributed by atoms with Gasteiger partial charge in [0, 0.05) is 0 Å². The number of nitrogens with zero attached hydrogens (tertiary/aromatic N) is 1. The van der Waals surface area contributed by atoms with Gasteiger partial charge in [-0.05, 0) is 55.2 Å². The lowest BCUT2D eigenvalue weighted by molar-refractivity contribution is 0.0497. The van der Waals surface area contributed by atoms with Gasteiger partial charge < -0.3 is 10.1 Å². The van der Waals surface area contributed by atoms with Crippen molar-refractivity contribution in [3.63, 3.8) is 0 Å². The topological polar surface area (TPSA) is 68.3 Å². The fourth-order valence-electron chi connectivity index (χ4n) is 1.14. The first-order chi connectivity index (χ1) is 8.20. The first-order valence-corrected chi connectivity index (χ1v) is 6.91. The number of aromatic nitrogens is 1. The van der Waals surface area contributed by atoms with Crippen LogP contribution in [0.4, 0.5) is 4.79 Å². The molecular weight excluding hydrogens is 320 g/mol. The molecule has 1 N–H and O–H groups in total. The minimum atomic E-state index is -0.656. The Labute approximate surface area is 118 Å². The predicted molar refractivity (Wildman–Crippen MR) is 73.0 cm³/mol. The number of ketones is 1. The molecule has 0 aliphatic rings. The van der Waals surface area contributed by atoms with E-state index in [2.05, 4.69) is 25.6 Å². The van der Waals surface area contributed by atoms with Crippen LogP contribution in [0.2, 0.25) is 0 Å². The number of hydrogen-bond donors (Lipinski definition) is 1. The van der Waals surface area contributed by atoms with E-state index in [0.29, 0.717) is 9.35 Å². The van der Waals surface area contributed by atoms with Crippen LogP contribution in [0.5, 0.6) is 0 Å². The van der Waals surface area contributed by atoms with Crippen LogP contribution in [0.25, 0.3) is 0 Å². The molecule has 0 saturated heterocycles. The molecular formula is C11H15BrN2O3S. The molecule has 1 atom stereocenters. The van der Waals surface area contributed by atoms with Crippen molar-refractivity contribution in [1.82, 2.24) is 9.69 Å². The second-order valence-corrected chi connectivity index (χ2v) is 6.39. The lowest BCUT2D eigenvalue weighted by atomic mass is 10.2. The summed E-state index contributed by atoms with van der Waals surface area (Å²) in [5.74, 6) is -0.199. The van der Waals surface area contributed by atoms with Crippen molar-refractivity contribution in [3.05, 3.63) is 15.5 Å². The second-order valence-electron chi connectivity index (χ2n) is 4.74. The van der Waals surface area contributed by atoms with Gasteiger partial charge in [-0.25, -0.2) is 4.79 Å². The lowest BCUT2D eigenvalue weighted by Crippen LogP contribution is -2.41. The Morgan fingerprint density at radius 2 is 2.11 bits per heavy atom. The maximum Gasteiger partial charge on any atom is 0.408 e. The van der Waals surface area contributed by atoms with E-state index in [0.717, 1.165) is 11.5 Å². The summed E-state index contributed by atoms with van der Waals surface area (Å²) in [5.41, 5.74) is -0.585. The van der Waals surface area contributed by atoms with Crippen LogP contribution < -0.4 is 5.32 Å². The molecule has 1 rings (SSSR count). The molecule has 1 aromatic rings. The zero-order valence-corrected chi connectivity index (χ0v) is 13.0. The van der Waals surface area contributed by atoms with Gasteiger partial charge in [-0.3, -0.25) is 4.79 Å².